The number of nitrogens with zero attached hydrogens (tertiary/aromatic N) is 1. The van der Waals surface area contributed by atoms with Gasteiger partial charge >= 0.3 is 5.97 Å². The third-order valence-corrected chi connectivity index (χ3v) is 2.53. The molecule has 0 aromatic carbocycles. The van der Waals surface area contributed by atoms with Crippen molar-refractivity contribution < 1.29 is 15.0 Å². The van der Waals surface area contributed by atoms with Crippen LogP contribution in [0.15, 0.2) is 0 Å². The van der Waals surface area contributed by atoms with Crippen LogP contribution in [-0.4, -0.2) is 46.8 Å². The predicted molar refractivity (Wildman–Crippen MR) is 48.4 cm³/mol. The van der Waals surface area contributed by atoms with Crippen LogP contribution < -0.4 is 0 Å². The number of hydrogen-bond acceptors (Lipinski definition) is 3. The Morgan fingerprint density at radius 3 is 2.62 bits per heavy atom. The Kier molecular flexibility index (Phi) is 3.27. The smallest absolute Gasteiger partial charge is 0.308 e. The summed E-state index contributed by atoms with van der Waals surface area (Å²) in [7, 11) is 0. The fraction of sp³-hybridized carbons (Fsp3) is 0.889. The standard InChI is InChI=1S/C9H17NO3/c1-6-3-10(4-7(2)11)5-8(6)9(12)13/h6-8,11H,3-5H2,1-2H3,(H,12,13). The summed E-state index contributed by atoms with van der Waals surface area (Å²) in [6.45, 7) is 5.59. The van der Waals surface area contributed by atoms with E-state index in [9.17, 15) is 4.79 Å². The van der Waals surface area contributed by atoms with Gasteiger partial charge in [0.15, 0.2) is 0 Å². The van der Waals surface area contributed by atoms with Gasteiger partial charge in [0, 0.05) is 19.6 Å². The summed E-state index contributed by atoms with van der Waals surface area (Å²) in [6, 6.07) is 0. The number of aliphatic carboxylic acids is 1. The maximum Gasteiger partial charge on any atom is 0.308 e. The Bertz CT molecular complexity index is 193. The second kappa shape index (κ2) is 4.07. The molecule has 1 rings (SSSR count). The molecule has 3 atom stereocenters. The van der Waals surface area contributed by atoms with Crippen LogP contribution in [-0.2, 0) is 4.79 Å². The average molecular weight is 187 g/mol. The normalized spacial score (nSPS) is 31.9. The quantitative estimate of drug-likeness (QED) is 0.654. The van der Waals surface area contributed by atoms with E-state index in [-0.39, 0.29) is 17.9 Å². The summed E-state index contributed by atoms with van der Waals surface area (Å²) in [5.74, 6) is -0.796. The molecule has 13 heavy (non-hydrogen) atoms. The zero-order valence-electron chi connectivity index (χ0n) is 8.10. The molecule has 0 saturated carbocycles. The number of likely N-dealkylation sites (tertiary alicyclic amines) is 1. The van der Waals surface area contributed by atoms with Gasteiger partial charge in [-0.05, 0) is 12.8 Å². The van der Waals surface area contributed by atoms with Crippen LogP contribution in [0.2, 0.25) is 0 Å². The Hall–Kier alpha value is -0.610. The Morgan fingerprint density at radius 2 is 2.23 bits per heavy atom. The molecule has 1 heterocycles. The van der Waals surface area contributed by atoms with E-state index in [0.29, 0.717) is 13.1 Å². The summed E-state index contributed by atoms with van der Waals surface area (Å²) in [5.41, 5.74) is 0. The average Bonchev–Trinajstić information content (AvgIpc) is 2.29. The van der Waals surface area contributed by atoms with Gasteiger partial charge in [-0.15, -0.1) is 0 Å². The number of hydrogen-bond donors (Lipinski definition) is 2. The van der Waals surface area contributed by atoms with Crippen molar-refractivity contribution in [3.05, 3.63) is 0 Å². The molecule has 0 aromatic heterocycles. The molecule has 3 unspecified atom stereocenters. The lowest BCUT2D eigenvalue weighted by atomic mass is 9.99. The van der Waals surface area contributed by atoms with E-state index in [1.807, 2.05) is 11.8 Å². The minimum absolute atomic E-state index is 0.191. The van der Waals surface area contributed by atoms with Crippen LogP contribution in [0.5, 0.6) is 0 Å². The molecule has 1 aliphatic heterocycles. The van der Waals surface area contributed by atoms with E-state index in [4.69, 9.17) is 10.2 Å². The lowest BCUT2D eigenvalue weighted by molar-refractivity contribution is -0.142. The molecule has 4 heteroatoms. The van der Waals surface area contributed by atoms with Gasteiger partial charge in [0.25, 0.3) is 0 Å². The maximum absolute atomic E-state index is 10.8. The first-order valence-electron chi connectivity index (χ1n) is 4.64. The molecule has 0 amide bonds. The van der Waals surface area contributed by atoms with Crippen molar-refractivity contribution in [2.75, 3.05) is 19.6 Å². The lowest BCUT2D eigenvalue weighted by Gasteiger charge is -2.16. The van der Waals surface area contributed by atoms with Crippen molar-refractivity contribution >= 4 is 5.97 Å². The highest BCUT2D eigenvalue weighted by Gasteiger charge is 2.34. The van der Waals surface area contributed by atoms with Crippen molar-refractivity contribution in [1.29, 1.82) is 0 Å². The fourth-order valence-electron chi connectivity index (χ4n) is 1.91. The molecule has 0 aliphatic carbocycles. The molecule has 1 aliphatic rings. The molecule has 0 aromatic rings. The number of carboxylic acids is 1. The van der Waals surface area contributed by atoms with Crippen molar-refractivity contribution in [3.8, 4) is 0 Å². The van der Waals surface area contributed by atoms with Crippen molar-refractivity contribution in [3.63, 3.8) is 0 Å². The summed E-state index contributed by atoms with van der Waals surface area (Å²) < 4.78 is 0. The van der Waals surface area contributed by atoms with Crippen LogP contribution in [0.1, 0.15) is 13.8 Å². The Morgan fingerprint density at radius 1 is 1.62 bits per heavy atom. The van der Waals surface area contributed by atoms with E-state index in [1.165, 1.54) is 0 Å². The van der Waals surface area contributed by atoms with E-state index in [1.54, 1.807) is 6.92 Å². The van der Waals surface area contributed by atoms with Gasteiger partial charge in [0.05, 0.1) is 12.0 Å². The molecule has 0 radical (unpaired) electrons. The first-order valence-corrected chi connectivity index (χ1v) is 4.64. The molecule has 76 valence electrons. The topological polar surface area (TPSA) is 60.8 Å². The van der Waals surface area contributed by atoms with E-state index in [0.717, 1.165) is 6.54 Å². The van der Waals surface area contributed by atoms with Crippen LogP contribution in [0.3, 0.4) is 0 Å². The molecular weight excluding hydrogens is 170 g/mol. The van der Waals surface area contributed by atoms with Crippen molar-refractivity contribution in [1.82, 2.24) is 4.90 Å². The Balaban J connectivity index is 2.45. The highest BCUT2D eigenvalue weighted by Crippen LogP contribution is 2.22. The van der Waals surface area contributed by atoms with Gasteiger partial charge in [0.2, 0.25) is 0 Å². The zero-order valence-corrected chi connectivity index (χ0v) is 8.10. The molecule has 1 fully saturated rings. The van der Waals surface area contributed by atoms with Crippen LogP contribution in [0.4, 0.5) is 0 Å². The summed E-state index contributed by atoms with van der Waals surface area (Å²) in [5, 5.41) is 18.0. The van der Waals surface area contributed by atoms with Crippen LogP contribution in [0.25, 0.3) is 0 Å². The number of carboxylic acid groups (broad SMARTS) is 1. The largest absolute Gasteiger partial charge is 0.481 e. The number of carbonyl (C=O) groups is 1. The van der Waals surface area contributed by atoms with Crippen LogP contribution in [0, 0.1) is 11.8 Å². The van der Waals surface area contributed by atoms with E-state index >= 15 is 0 Å². The number of β-amino-alcohol motifs (C(OH)–C–C–N with tert-alkyl or cyclic N) is 1. The monoisotopic (exact) mass is 187 g/mol. The van der Waals surface area contributed by atoms with Gasteiger partial charge < -0.3 is 10.2 Å². The van der Waals surface area contributed by atoms with E-state index < -0.39 is 5.97 Å². The lowest BCUT2D eigenvalue weighted by Crippen LogP contribution is -2.30. The Labute approximate surface area is 78.2 Å². The minimum Gasteiger partial charge on any atom is -0.481 e. The first-order chi connectivity index (χ1) is 6.00. The molecule has 0 spiro atoms. The molecule has 2 N–H and O–H groups in total. The number of rotatable bonds is 3. The van der Waals surface area contributed by atoms with Gasteiger partial charge in [-0.1, -0.05) is 6.92 Å². The highest BCUT2D eigenvalue weighted by molar-refractivity contribution is 5.71. The third kappa shape index (κ3) is 2.67. The molecular formula is C9H17NO3. The highest BCUT2D eigenvalue weighted by atomic mass is 16.4. The summed E-state index contributed by atoms with van der Waals surface area (Å²) in [4.78, 5) is 12.8. The van der Waals surface area contributed by atoms with Gasteiger partial charge in [-0.2, -0.15) is 0 Å². The zero-order chi connectivity index (χ0) is 10.0. The van der Waals surface area contributed by atoms with Gasteiger partial charge in [0.1, 0.15) is 0 Å². The fourth-order valence-corrected chi connectivity index (χ4v) is 1.91. The number of aliphatic hydroxyl groups is 1. The van der Waals surface area contributed by atoms with Crippen LogP contribution >= 0.6 is 0 Å². The SMILES string of the molecule is CC(O)CN1CC(C)C(C(=O)O)C1. The van der Waals surface area contributed by atoms with Crippen molar-refractivity contribution in [2.24, 2.45) is 11.8 Å². The third-order valence-electron chi connectivity index (χ3n) is 2.53. The van der Waals surface area contributed by atoms with Gasteiger partial charge in [-0.25, -0.2) is 0 Å². The molecule has 0 bridgehead atoms. The summed E-state index contributed by atoms with van der Waals surface area (Å²) in [6.07, 6.45) is -0.375. The minimum atomic E-state index is -0.722. The second-order valence-corrected chi connectivity index (χ2v) is 3.99. The number of aliphatic hydroxyl groups excluding tert-OH is 1. The van der Waals surface area contributed by atoms with Crippen molar-refractivity contribution in [2.45, 2.75) is 20.0 Å². The van der Waals surface area contributed by atoms with Gasteiger partial charge in [-0.3, -0.25) is 9.69 Å². The first kappa shape index (κ1) is 10.5. The maximum atomic E-state index is 10.8. The summed E-state index contributed by atoms with van der Waals surface area (Å²) >= 11 is 0. The van der Waals surface area contributed by atoms with E-state index in [2.05, 4.69) is 0 Å². The predicted octanol–water partition coefficient (Wildman–Crippen LogP) is 0.0197. The molecule has 1 saturated heterocycles. The second-order valence-electron chi connectivity index (χ2n) is 3.99. The molecule has 4 nitrogen and oxygen atoms in total.